The summed E-state index contributed by atoms with van der Waals surface area (Å²) < 4.78 is 0. The van der Waals surface area contributed by atoms with Crippen LogP contribution in [-0.4, -0.2) is 53.9 Å². The van der Waals surface area contributed by atoms with Crippen molar-refractivity contribution in [3.05, 3.63) is 23.9 Å². The van der Waals surface area contributed by atoms with Gasteiger partial charge in [0, 0.05) is 26.4 Å². The fraction of sp³-hybridized carbons (Fsp3) is 0.682. The van der Waals surface area contributed by atoms with Crippen molar-refractivity contribution in [1.82, 2.24) is 10.2 Å². The third kappa shape index (κ3) is 5.85. The highest BCUT2D eigenvalue weighted by atomic mass is 16.3. The molecule has 0 radical (unpaired) electrons. The highest BCUT2D eigenvalue weighted by Crippen LogP contribution is 2.50. The lowest BCUT2D eigenvalue weighted by molar-refractivity contribution is -0.127. The zero-order valence-electron chi connectivity index (χ0n) is 17.0. The summed E-state index contributed by atoms with van der Waals surface area (Å²) in [5.41, 5.74) is 1.31. The van der Waals surface area contributed by atoms with Crippen LogP contribution < -0.4 is 5.32 Å². The van der Waals surface area contributed by atoms with Crippen molar-refractivity contribution < 1.29 is 15.0 Å². The van der Waals surface area contributed by atoms with Crippen LogP contribution in [0, 0.1) is 35.5 Å². The number of carbonyl (C=O) groups is 1. The summed E-state index contributed by atoms with van der Waals surface area (Å²) >= 11 is 0. The van der Waals surface area contributed by atoms with Crippen LogP contribution >= 0.6 is 0 Å². The lowest BCUT2D eigenvalue weighted by atomic mass is 9.89. The van der Waals surface area contributed by atoms with Crippen molar-refractivity contribution in [2.24, 2.45) is 23.7 Å². The van der Waals surface area contributed by atoms with Gasteiger partial charge in [-0.25, -0.2) is 0 Å². The van der Waals surface area contributed by atoms with Crippen LogP contribution in [0.2, 0.25) is 0 Å². The number of amides is 1. The first-order valence-electron chi connectivity index (χ1n) is 9.89. The molecule has 0 spiro atoms. The van der Waals surface area contributed by atoms with E-state index in [1.54, 1.807) is 25.9 Å². The average molecular weight is 375 g/mol. The highest BCUT2D eigenvalue weighted by molar-refractivity contribution is 5.77. The van der Waals surface area contributed by atoms with Crippen molar-refractivity contribution in [1.29, 1.82) is 0 Å². The molecule has 5 heteroatoms. The summed E-state index contributed by atoms with van der Waals surface area (Å²) in [6.45, 7) is 4.10. The van der Waals surface area contributed by atoms with Crippen molar-refractivity contribution in [2.45, 2.75) is 51.7 Å². The number of rotatable bonds is 7. The molecule has 2 aliphatic rings. The van der Waals surface area contributed by atoms with E-state index < -0.39 is 6.10 Å². The number of aliphatic hydroxyl groups excluding tert-OH is 2. The lowest BCUT2D eigenvalue weighted by Crippen LogP contribution is -2.30. The topological polar surface area (TPSA) is 72.8 Å². The molecule has 1 amide bonds. The monoisotopic (exact) mass is 374 g/mol. The first-order valence-corrected chi connectivity index (χ1v) is 9.89. The largest absolute Gasteiger partial charge is 0.392 e. The molecule has 2 aliphatic carbocycles. The summed E-state index contributed by atoms with van der Waals surface area (Å²) in [5.74, 6) is 6.98. The Balaban J connectivity index is 1.91. The van der Waals surface area contributed by atoms with Gasteiger partial charge in [-0.15, -0.1) is 11.8 Å². The van der Waals surface area contributed by atoms with Gasteiger partial charge in [-0.2, -0.15) is 0 Å². The maximum atomic E-state index is 11.6. The highest BCUT2D eigenvalue weighted by Gasteiger charge is 2.45. The maximum absolute atomic E-state index is 11.6. The van der Waals surface area contributed by atoms with E-state index in [0.29, 0.717) is 24.8 Å². The zero-order chi connectivity index (χ0) is 20.0. The molecule has 2 rings (SSSR count). The van der Waals surface area contributed by atoms with Gasteiger partial charge in [-0.1, -0.05) is 24.6 Å². The number of aliphatic hydroxyl groups is 2. The second kappa shape index (κ2) is 9.96. The molecule has 5 nitrogen and oxygen atoms in total. The van der Waals surface area contributed by atoms with Gasteiger partial charge in [0.25, 0.3) is 0 Å². The first kappa shape index (κ1) is 21.5. The Bertz CT molecular complexity index is 629. The fourth-order valence-corrected chi connectivity index (χ4v) is 4.15. The zero-order valence-corrected chi connectivity index (χ0v) is 17.0. The molecule has 0 bridgehead atoms. The van der Waals surface area contributed by atoms with E-state index in [4.69, 9.17) is 0 Å². The summed E-state index contributed by atoms with van der Waals surface area (Å²) in [5, 5.41) is 23.9. The molecule has 0 unspecified atom stereocenters. The number of fused-ring (bicyclic) bond motifs is 1. The molecule has 0 aromatic carbocycles. The number of hydrogen-bond donors (Lipinski definition) is 3. The van der Waals surface area contributed by atoms with E-state index in [0.717, 1.165) is 19.3 Å². The van der Waals surface area contributed by atoms with Crippen molar-refractivity contribution >= 4 is 5.91 Å². The molecule has 0 aromatic heterocycles. The van der Waals surface area contributed by atoms with Crippen LogP contribution in [0.5, 0.6) is 0 Å². The Kier molecular flexibility index (Phi) is 7.94. The molecule has 0 aromatic rings. The number of nitrogens with one attached hydrogen (secondary N) is 1. The van der Waals surface area contributed by atoms with Gasteiger partial charge in [0.2, 0.25) is 5.91 Å². The van der Waals surface area contributed by atoms with Crippen LogP contribution in [-0.2, 0) is 4.79 Å². The summed E-state index contributed by atoms with van der Waals surface area (Å²) in [7, 11) is 3.50. The van der Waals surface area contributed by atoms with Crippen LogP contribution in [0.4, 0.5) is 0 Å². The van der Waals surface area contributed by atoms with Gasteiger partial charge in [-0.3, -0.25) is 4.79 Å². The predicted molar refractivity (Wildman–Crippen MR) is 107 cm³/mol. The SMILES string of the molecule is CC#CC[C@H](C)[C@@H](O)/C=C/[C@@H]1[C@H]2CC(=CNCC(=O)N(C)C)C[C@H]2C[C@H]1O. The number of likely N-dealkylation sites (N-methyl/N-ethyl adjacent to an activating group) is 1. The molecule has 2 fully saturated rings. The first-order chi connectivity index (χ1) is 12.8. The lowest BCUT2D eigenvalue weighted by Gasteiger charge is -2.19. The van der Waals surface area contributed by atoms with Gasteiger partial charge in [0.05, 0.1) is 18.8 Å². The van der Waals surface area contributed by atoms with Crippen LogP contribution in [0.25, 0.3) is 0 Å². The Labute approximate surface area is 163 Å². The van der Waals surface area contributed by atoms with E-state index in [-0.39, 0.29) is 23.8 Å². The van der Waals surface area contributed by atoms with Gasteiger partial charge in [0.15, 0.2) is 0 Å². The molecular weight excluding hydrogens is 340 g/mol. The minimum atomic E-state index is -0.535. The molecule has 2 saturated carbocycles. The Morgan fingerprint density at radius 2 is 2.15 bits per heavy atom. The smallest absolute Gasteiger partial charge is 0.241 e. The van der Waals surface area contributed by atoms with Gasteiger partial charge in [0.1, 0.15) is 0 Å². The molecular formula is C22H34N2O3. The third-order valence-electron chi connectivity index (χ3n) is 5.88. The van der Waals surface area contributed by atoms with E-state index >= 15 is 0 Å². The second-order valence-corrected chi connectivity index (χ2v) is 8.17. The summed E-state index contributed by atoms with van der Waals surface area (Å²) in [6.07, 6.45) is 8.36. The van der Waals surface area contributed by atoms with Gasteiger partial charge >= 0.3 is 0 Å². The van der Waals surface area contributed by atoms with E-state index in [2.05, 4.69) is 17.2 Å². The average Bonchev–Trinajstić information content (AvgIpc) is 3.13. The van der Waals surface area contributed by atoms with Crippen LogP contribution in [0.1, 0.15) is 39.5 Å². The van der Waals surface area contributed by atoms with Crippen LogP contribution in [0.3, 0.4) is 0 Å². The quantitative estimate of drug-likeness (QED) is 0.470. The number of allylic oxidation sites excluding steroid dienone is 1. The normalized spacial score (nSPS) is 30.7. The van der Waals surface area contributed by atoms with E-state index in [1.165, 1.54) is 5.57 Å². The maximum Gasteiger partial charge on any atom is 0.241 e. The van der Waals surface area contributed by atoms with Gasteiger partial charge in [-0.05, 0) is 50.1 Å². The standard InChI is InChI=1S/C22H34N2O3/c1-5-6-7-15(2)20(25)9-8-18-19-11-16(10-17(19)12-21(18)26)13-23-14-22(27)24(3)4/h8-9,13,15,17-21,23,25-26H,7,10-12,14H2,1-4H3/b9-8+,16-13?/t15-,17-,18+,19-,20-,21+/m0/s1. The Hall–Kier alpha value is -1.77. The molecule has 3 N–H and O–H groups in total. The summed E-state index contributed by atoms with van der Waals surface area (Å²) in [4.78, 5) is 13.2. The molecule has 150 valence electrons. The number of nitrogens with zero attached hydrogens (tertiary/aromatic N) is 1. The molecule has 0 heterocycles. The van der Waals surface area contributed by atoms with Crippen molar-refractivity contribution in [3.8, 4) is 11.8 Å². The summed E-state index contributed by atoms with van der Waals surface area (Å²) in [6, 6.07) is 0. The van der Waals surface area contributed by atoms with E-state index in [1.807, 2.05) is 25.3 Å². The molecule has 6 atom stereocenters. The number of hydrogen-bond acceptors (Lipinski definition) is 4. The van der Waals surface area contributed by atoms with Crippen molar-refractivity contribution in [3.63, 3.8) is 0 Å². The minimum absolute atomic E-state index is 0.0529. The van der Waals surface area contributed by atoms with Crippen LogP contribution in [0.15, 0.2) is 23.9 Å². The Morgan fingerprint density at radius 1 is 1.41 bits per heavy atom. The molecule has 0 saturated heterocycles. The molecule has 0 aliphatic heterocycles. The van der Waals surface area contributed by atoms with Crippen molar-refractivity contribution in [2.75, 3.05) is 20.6 Å². The second-order valence-electron chi connectivity index (χ2n) is 8.17. The minimum Gasteiger partial charge on any atom is -0.392 e. The van der Waals surface area contributed by atoms with Gasteiger partial charge < -0.3 is 20.4 Å². The predicted octanol–water partition coefficient (Wildman–Crippen LogP) is 1.92. The fourth-order valence-electron chi connectivity index (χ4n) is 4.15. The van der Waals surface area contributed by atoms with E-state index in [9.17, 15) is 15.0 Å². The number of carbonyl (C=O) groups excluding carboxylic acids is 1. The molecule has 27 heavy (non-hydrogen) atoms. The third-order valence-corrected chi connectivity index (χ3v) is 5.88. The Morgan fingerprint density at radius 3 is 2.81 bits per heavy atom.